The fraction of sp³-hybridized carbons (Fsp3) is 0.294. The molecule has 9 heteroatoms. The fourth-order valence-corrected chi connectivity index (χ4v) is 4.76. The van der Waals surface area contributed by atoms with Gasteiger partial charge in [0.2, 0.25) is 10.0 Å². The first-order chi connectivity index (χ1) is 12.4. The average Bonchev–Trinajstić information content (AvgIpc) is 2.62. The summed E-state index contributed by atoms with van der Waals surface area (Å²) in [6.07, 6.45) is 0. The van der Waals surface area contributed by atoms with Gasteiger partial charge >= 0.3 is 0 Å². The third-order valence-corrected chi connectivity index (χ3v) is 6.59. The van der Waals surface area contributed by atoms with Crippen LogP contribution in [0.5, 0.6) is 0 Å². The van der Waals surface area contributed by atoms with Gasteiger partial charge in [-0.1, -0.05) is 17.7 Å². The highest BCUT2D eigenvalue weighted by atomic mass is 35.5. The Bertz CT molecular complexity index is 894. The summed E-state index contributed by atoms with van der Waals surface area (Å²) in [4.78, 5) is 11.7. The number of nitro benzene ring substituents is 1. The summed E-state index contributed by atoms with van der Waals surface area (Å²) >= 11 is 5.90. The standard InChI is InChI=1S/C17H18ClN3O4S/c18-15-2-1-3-17(12-15)26(24,25)20-10-8-19(9-11-20)13-14-4-6-16(7-5-14)21(22)23/h1-7,12H,8-11,13H2/p+1. The van der Waals surface area contributed by atoms with Crippen molar-refractivity contribution in [3.63, 3.8) is 0 Å². The summed E-state index contributed by atoms with van der Waals surface area (Å²) < 4.78 is 26.9. The number of rotatable bonds is 5. The topological polar surface area (TPSA) is 85.0 Å². The van der Waals surface area contributed by atoms with Gasteiger partial charge in [0.1, 0.15) is 6.54 Å². The predicted octanol–water partition coefficient (Wildman–Crippen LogP) is 1.34. The molecule has 0 bridgehead atoms. The summed E-state index contributed by atoms with van der Waals surface area (Å²) in [5, 5.41) is 11.1. The van der Waals surface area contributed by atoms with Crippen molar-refractivity contribution in [1.29, 1.82) is 0 Å². The average molecular weight is 397 g/mol. The van der Waals surface area contributed by atoms with Crippen LogP contribution in [0, 0.1) is 10.1 Å². The molecule has 1 saturated heterocycles. The maximum atomic E-state index is 12.7. The number of nitrogens with zero attached hydrogens (tertiary/aromatic N) is 2. The van der Waals surface area contributed by atoms with Crippen molar-refractivity contribution in [2.75, 3.05) is 26.2 Å². The molecule has 2 aromatic rings. The van der Waals surface area contributed by atoms with E-state index in [1.54, 1.807) is 30.3 Å². The Kier molecular flexibility index (Phi) is 5.57. The van der Waals surface area contributed by atoms with Crippen LogP contribution in [-0.4, -0.2) is 43.8 Å². The van der Waals surface area contributed by atoms with Crippen molar-refractivity contribution in [2.24, 2.45) is 0 Å². The maximum Gasteiger partial charge on any atom is 0.269 e. The second-order valence-electron chi connectivity index (χ2n) is 6.21. The Morgan fingerprint density at radius 1 is 1.12 bits per heavy atom. The second kappa shape index (κ2) is 7.71. The molecule has 1 N–H and O–H groups in total. The fourth-order valence-electron chi connectivity index (χ4n) is 3.02. The van der Waals surface area contributed by atoms with Gasteiger partial charge in [-0.05, 0) is 30.3 Å². The zero-order valence-corrected chi connectivity index (χ0v) is 15.5. The summed E-state index contributed by atoms with van der Waals surface area (Å²) in [6, 6.07) is 12.8. The summed E-state index contributed by atoms with van der Waals surface area (Å²) in [7, 11) is -3.54. The van der Waals surface area contributed by atoms with Gasteiger partial charge in [0, 0.05) is 22.7 Å². The van der Waals surface area contributed by atoms with E-state index in [9.17, 15) is 18.5 Å². The first-order valence-corrected chi connectivity index (χ1v) is 10.0. The minimum atomic E-state index is -3.54. The Morgan fingerprint density at radius 2 is 1.77 bits per heavy atom. The van der Waals surface area contributed by atoms with E-state index in [1.807, 2.05) is 0 Å². The normalized spacial score (nSPS) is 16.5. The lowest BCUT2D eigenvalue weighted by atomic mass is 10.2. The number of sulfonamides is 1. The minimum absolute atomic E-state index is 0.0705. The van der Waals surface area contributed by atoms with Crippen LogP contribution in [0.1, 0.15) is 5.56 Å². The maximum absolute atomic E-state index is 12.7. The van der Waals surface area contributed by atoms with Crippen molar-refractivity contribution < 1.29 is 18.2 Å². The number of piperazine rings is 1. The highest BCUT2D eigenvalue weighted by molar-refractivity contribution is 7.89. The van der Waals surface area contributed by atoms with Crippen LogP contribution >= 0.6 is 11.6 Å². The van der Waals surface area contributed by atoms with Gasteiger partial charge in [-0.25, -0.2) is 8.42 Å². The first kappa shape index (κ1) is 18.8. The van der Waals surface area contributed by atoms with Crippen molar-refractivity contribution in [1.82, 2.24) is 4.31 Å². The summed E-state index contributed by atoms with van der Waals surface area (Å²) in [5.74, 6) is 0. The molecule has 0 unspecified atom stereocenters. The number of benzene rings is 2. The molecular formula is C17H19ClN3O4S+. The van der Waals surface area contributed by atoms with Crippen molar-refractivity contribution in [3.8, 4) is 0 Å². The number of halogens is 1. The molecule has 3 rings (SSSR count). The molecule has 1 heterocycles. The second-order valence-corrected chi connectivity index (χ2v) is 8.59. The molecule has 0 radical (unpaired) electrons. The minimum Gasteiger partial charge on any atom is -0.329 e. The molecule has 0 aromatic heterocycles. The molecule has 2 aromatic carbocycles. The van der Waals surface area contributed by atoms with Crippen LogP contribution in [-0.2, 0) is 16.6 Å². The SMILES string of the molecule is O=[N+]([O-])c1ccc(C[NH+]2CCN(S(=O)(=O)c3cccc(Cl)c3)CC2)cc1. The van der Waals surface area contributed by atoms with Gasteiger partial charge in [-0.15, -0.1) is 0 Å². The molecule has 26 heavy (non-hydrogen) atoms. The number of hydrogen-bond acceptors (Lipinski definition) is 4. The first-order valence-electron chi connectivity index (χ1n) is 8.19. The van der Waals surface area contributed by atoms with Gasteiger partial charge in [-0.3, -0.25) is 10.1 Å². The van der Waals surface area contributed by atoms with E-state index in [2.05, 4.69) is 0 Å². The van der Waals surface area contributed by atoms with E-state index in [4.69, 9.17) is 11.6 Å². The van der Waals surface area contributed by atoms with Gasteiger partial charge in [0.05, 0.1) is 36.0 Å². The molecule has 0 amide bonds. The predicted molar refractivity (Wildman–Crippen MR) is 97.7 cm³/mol. The van der Waals surface area contributed by atoms with Crippen LogP contribution in [0.15, 0.2) is 53.4 Å². The number of hydrogen-bond donors (Lipinski definition) is 1. The van der Waals surface area contributed by atoms with Crippen molar-refractivity contribution in [2.45, 2.75) is 11.4 Å². The Morgan fingerprint density at radius 3 is 2.35 bits per heavy atom. The van der Waals surface area contributed by atoms with Crippen LogP contribution in [0.3, 0.4) is 0 Å². The van der Waals surface area contributed by atoms with Crippen LogP contribution < -0.4 is 4.90 Å². The lowest BCUT2D eigenvalue weighted by Gasteiger charge is -2.31. The van der Waals surface area contributed by atoms with Crippen molar-refractivity contribution in [3.05, 3.63) is 69.2 Å². The molecule has 0 atom stereocenters. The molecule has 1 fully saturated rings. The number of non-ortho nitro benzene ring substituents is 1. The van der Waals surface area contributed by atoms with Crippen molar-refractivity contribution >= 4 is 27.3 Å². The van der Waals surface area contributed by atoms with Gasteiger partial charge in [-0.2, -0.15) is 4.31 Å². The number of quaternary nitrogens is 1. The lowest BCUT2D eigenvalue weighted by molar-refractivity contribution is -0.917. The third-order valence-electron chi connectivity index (χ3n) is 4.46. The molecule has 138 valence electrons. The van der Waals surface area contributed by atoms with Gasteiger partial charge < -0.3 is 4.90 Å². The lowest BCUT2D eigenvalue weighted by Crippen LogP contribution is -3.13. The quantitative estimate of drug-likeness (QED) is 0.610. The van der Waals surface area contributed by atoms with Crippen LogP contribution in [0.2, 0.25) is 5.02 Å². The number of nitrogens with one attached hydrogen (secondary N) is 1. The molecule has 7 nitrogen and oxygen atoms in total. The molecule has 0 spiro atoms. The smallest absolute Gasteiger partial charge is 0.269 e. The monoisotopic (exact) mass is 396 g/mol. The number of nitro groups is 1. The zero-order valence-electron chi connectivity index (χ0n) is 14.0. The largest absolute Gasteiger partial charge is 0.329 e. The van der Waals surface area contributed by atoms with E-state index in [1.165, 1.54) is 27.4 Å². The van der Waals surface area contributed by atoms with E-state index in [0.29, 0.717) is 37.7 Å². The molecule has 1 aliphatic heterocycles. The van der Waals surface area contributed by atoms with Crippen LogP contribution in [0.25, 0.3) is 0 Å². The van der Waals surface area contributed by atoms with Gasteiger partial charge in [0.25, 0.3) is 5.69 Å². The molecule has 0 aliphatic carbocycles. The van der Waals surface area contributed by atoms with Gasteiger partial charge in [0.15, 0.2) is 0 Å². The zero-order chi connectivity index (χ0) is 18.7. The van der Waals surface area contributed by atoms with E-state index < -0.39 is 14.9 Å². The summed E-state index contributed by atoms with van der Waals surface area (Å²) in [6.45, 7) is 2.92. The highest BCUT2D eigenvalue weighted by Crippen LogP contribution is 2.19. The van der Waals surface area contributed by atoms with E-state index in [0.717, 1.165) is 5.56 Å². The Balaban J connectivity index is 1.61. The summed E-state index contributed by atoms with van der Waals surface area (Å²) in [5.41, 5.74) is 1.07. The Labute approximate surface area is 157 Å². The molecular weight excluding hydrogens is 378 g/mol. The molecule has 1 aliphatic rings. The molecule has 0 saturated carbocycles. The Hall–Kier alpha value is -2.00. The third kappa shape index (κ3) is 4.21. The van der Waals surface area contributed by atoms with E-state index in [-0.39, 0.29) is 10.6 Å². The van der Waals surface area contributed by atoms with E-state index >= 15 is 0 Å². The highest BCUT2D eigenvalue weighted by Gasteiger charge is 2.30. The van der Waals surface area contributed by atoms with Crippen LogP contribution in [0.4, 0.5) is 5.69 Å².